The third-order valence-electron chi connectivity index (χ3n) is 2.79. The molecule has 0 saturated heterocycles. The highest BCUT2D eigenvalue weighted by atomic mass is 16.4. The SMILES string of the molecule is O=C(O)Cn1c(=O)n2c3c(cncc31)NC(=O)C2. The molecule has 3 heterocycles. The Morgan fingerprint density at radius 2 is 2.22 bits per heavy atom. The maximum atomic E-state index is 12.0. The summed E-state index contributed by atoms with van der Waals surface area (Å²) in [6.07, 6.45) is 2.84. The van der Waals surface area contributed by atoms with E-state index in [1.54, 1.807) is 0 Å². The van der Waals surface area contributed by atoms with Gasteiger partial charge in [-0.3, -0.25) is 23.7 Å². The zero-order chi connectivity index (χ0) is 12.9. The van der Waals surface area contributed by atoms with Crippen LogP contribution in [-0.2, 0) is 22.7 Å². The van der Waals surface area contributed by atoms with Gasteiger partial charge in [0.2, 0.25) is 5.91 Å². The van der Waals surface area contributed by atoms with E-state index in [0.717, 1.165) is 4.57 Å². The second kappa shape index (κ2) is 3.42. The van der Waals surface area contributed by atoms with E-state index in [-0.39, 0.29) is 12.5 Å². The van der Waals surface area contributed by atoms with Crippen molar-refractivity contribution in [1.82, 2.24) is 14.1 Å². The molecule has 2 aromatic rings. The smallest absolute Gasteiger partial charge is 0.330 e. The van der Waals surface area contributed by atoms with E-state index >= 15 is 0 Å². The summed E-state index contributed by atoms with van der Waals surface area (Å²) in [5, 5.41) is 11.4. The normalized spacial score (nSPS) is 13.7. The van der Waals surface area contributed by atoms with Gasteiger partial charge in [0.1, 0.15) is 13.1 Å². The predicted octanol–water partition coefficient (Wildman–Crippen LogP) is -0.765. The van der Waals surface area contributed by atoms with Crippen LogP contribution in [0.1, 0.15) is 0 Å². The van der Waals surface area contributed by atoms with Gasteiger partial charge in [-0.25, -0.2) is 4.79 Å². The molecule has 0 fully saturated rings. The van der Waals surface area contributed by atoms with Crippen LogP contribution < -0.4 is 11.0 Å². The Labute approximate surface area is 99.5 Å². The summed E-state index contributed by atoms with van der Waals surface area (Å²) >= 11 is 0. The summed E-state index contributed by atoms with van der Waals surface area (Å²) in [5.41, 5.74) is 0.817. The first-order valence-corrected chi connectivity index (χ1v) is 5.16. The fraction of sp³-hybridized carbons (Fsp3) is 0.200. The number of carbonyl (C=O) groups excluding carboxylic acids is 1. The highest BCUT2D eigenvalue weighted by molar-refractivity contribution is 6.02. The second-order valence-corrected chi connectivity index (χ2v) is 3.95. The molecule has 0 saturated carbocycles. The van der Waals surface area contributed by atoms with Gasteiger partial charge in [0.25, 0.3) is 0 Å². The van der Waals surface area contributed by atoms with Crippen molar-refractivity contribution in [1.29, 1.82) is 0 Å². The lowest BCUT2D eigenvalue weighted by molar-refractivity contribution is -0.137. The Balaban J connectivity index is 2.38. The quantitative estimate of drug-likeness (QED) is 0.726. The van der Waals surface area contributed by atoms with Gasteiger partial charge in [-0.15, -0.1) is 0 Å². The van der Waals surface area contributed by atoms with Gasteiger partial charge in [0.05, 0.1) is 29.1 Å². The van der Waals surface area contributed by atoms with Gasteiger partial charge in [0.15, 0.2) is 0 Å². The average molecular weight is 248 g/mol. The molecular weight excluding hydrogens is 240 g/mol. The molecule has 0 unspecified atom stereocenters. The molecule has 1 aliphatic heterocycles. The van der Waals surface area contributed by atoms with Crippen molar-refractivity contribution in [3.63, 3.8) is 0 Å². The first-order chi connectivity index (χ1) is 8.58. The maximum absolute atomic E-state index is 12.0. The summed E-state index contributed by atoms with van der Waals surface area (Å²) in [7, 11) is 0. The second-order valence-electron chi connectivity index (χ2n) is 3.95. The van der Waals surface area contributed by atoms with E-state index in [2.05, 4.69) is 10.3 Å². The van der Waals surface area contributed by atoms with E-state index in [0.29, 0.717) is 16.7 Å². The van der Waals surface area contributed by atoms with E-state index in [1.165, 1.54) is 17.0 Å². The third-order valence-corrected chi connectivity index (χ3v) is 2.79. The molecule has 18 heavy (non-hydrogen) atoms. The maximum Gasteiger partial charge on any atom is 0.330 e. The summed E-state index contributed by atoms with van der Waals surface area (Å²) in [6.45, 7) is -0.569. The van der Waals surface area contributed by atoms with E-state index in [1.807, 2.05) is 0 Å². The number of aliphatic carboxylic acids is 1. The van der Waals surface area contributed by atoms with Crippen molar-refractivity contribution < 1.29 is 14.7 Å². The summed E-state index contributed by atoms with van der Waals surface area (Å²) in [5.74, 6) is -1.45. The first kappa shape index (κ1) is 10.5. The zero-order valence-electron chi connectivity index (χ0n) is 9.08. The largest absolute Gasteiger partial charge is 0.480 e. The number of nitrogens with zero attached hydrogens (tertiary/aromatic N) is 3. The van der Waals surface area contributed by atoms with Crippen LogP contribution in [0.25, 0.3) is 11.0 Å². The molecule has 1 amide bonds. The Morgan fingerprint density at radius 1 is 1.44 bits per heavy atom. The number of pyridine rings is 1. The van der Waals surface area contributed by atoms with Crippen LogP contribution in [0.4, 0.5) is 5.69 Å². The Kier molecular flexibility index (Phi) is 2.00. The number of imidazole rings is 1. The molecule has 0 radical (unpaired) electrons. The van der Waals surface area contributed by atoms with E-state index in [4.69, 9.17) is 5.11 Å². The first-order valence-electron chi connectivity index (χ1n) is 5.16. The van der Waals surface area contributed by atoms with Crippen molar-refractivity contribution in [2.24, 2.45) is 0 Å². The number of amides is 1. The molecular formula is C10H8N4O4. The lowest BCUT2D eigenvalue weighted by atomic mass is 10.3. The molecule has 0 aliphatic carbocycles. The van der Waals surface area contributed by atoms with E-state index < -0.39 is 18.2 Å². The van der Waals surface area contributed by atoms with E-state index in [9.17, 15) is 14.4 Å². The molecule has 92 valence electrons. The van der Waals surface area contributed by atoms with Crippen LogP contribution in [0.2, 0.25) is 0 Å². The van der Waals surface area contributed by atoms with Gasteiger partial charge in [-0.05, 0) is 0 Å². The lowest BCUT2D eigenvalue weighted by Crippen LogP contribution is -2.32. The van der Waals surface area contributed by atoms with Crippen molar-refractivity contribution in [3.8, 4) is 0 Å². The fourth-order valence-corrected chi connectivity index (χ4v) is 2.13. The number of aromatic nitrogens is 3. The Morgan fingerprint density at radius 3 is 2.94 bits per heavy atom. The van der Waals surface area contributed by atoms with Crippen LogP contribution in [0.3, 0.4) is 0 Å². The van der Waals surface area contributed by atoms with Gasteiger partial charge in [-0.2, -0.15) is 0 Å². The zero-order valence-corrected chi connectivity index (χ0v) is 9.08. The monoisotopic (exact) mass is 248 g/mol. The summed E-state index contributed by atoms with van der Waals surface area (Å²) in [4.78, 5) is 38.1. The van der Waals surface area contributed by atoms with Crippen LogP contribution >= 0.6 is 0 Å². The van der Waals surface area contributed by atoms with Crippen molar-refractivity contribution in [3.05, 3.63) is 22.9 Å². The standard InChI is InChI=1S/C10H8N4O4/c15-7-3-14-9-5(12-7)1-11-2-6(9)13(10(14)18)4-8(16)17/h1-2H,3-4H2,(H,12,15)(H,16,17). The number of hydrogen-bond donors (Lipinski definition) is 2. The Bertz CT molecular complexity index is 742. The number of carboxylic acids is 1. The molecule has 0 aromatic carbocycles. The Hall–Kier alpha value is -2.64. The highest BCUT2D eigenvalue weighted by Gasteiger charge is 2.24. The summed E-state index contributed by atoms with van der Waals surface area (Å²) < 4.78 is 2.35. The number of carboxylic acid groups (broad SMARTS) is 1. The minimum Gasteiger partial charge on any atom is -0.480 e. The number of nitrogens with one attached hydrogen (secondary N) is 1. The predicted molar refractivity (Wildman–Crippen MR) is 60.3 cm³/mol. The molecule has 0 atom stereocenters. The average Bonchev–Trinajstić information content (AvgIpc) is 2.56. The number of anilines is 1. The van der Waals surface area contributed by atoms with Crippen LogP contribution in [-0.4, -0.2) is 31.1 Å². The van der Waals surface area contributed by atoms with Crippen molar-refractivity contribution in [2.45, 2.75) is 13.1 Å². The third kappa shape index (κ3) is 1.32. The molecule has 8 nitrogen and oxygen atoms in total. The minimum absolute atomic E-state index is 0.112. The molecule has 0 bridgehead atoms. The molecule has 1 aliphatic rings. The van der Waals surface area contributed by atoms with Gasteiger partial charge < -0.3 is 10.4 Å². The van der Waals surface area contributed by atoms with Gasteiger partial charge in [-0.1, -0.05) is 0 Å². The number of rotatable bonds is 2. The minimum atomic E-state index is -1.12. The number of carbonyl (C=O) groups is 2. The topological polar surface area (TPSA) is 106 Å². The van der Waals surface area contributed by atoms with Crippen LogP contribution in [0.15, 0.2) is 17.2 Å². The lowest BCUT2D eigenvalue weighted by Gasteiger charge is -2.13. The van der Waals surface area contributed by atoms with Crippen molar-refractivity contribution >= 4 is 28.6 Å². The molecule has 0 spiro atoms. The van der Waals surface area contributed by atoms with Gasteiger partial charge >= 0.3 is 11.7 Å². The van der Waals surface area contributed by atoms with Gasteiger partial charge in [0, 0.05) is 0 Å². The number of hydrogen-bond acceptors (Lipinski definition) is 4. The van der Waals surface area contributed by atoms with Crippen LogP contribution in [0, 0.1) is 0 Å². The molecule has 8 heteroatoms. The highest BCUT2D eigenvalue weighted by Crippen LogP contribution is 2.24. The summed E-state index contributed by atoms with van der Waals surface area (Å²) in [6, 6.07) is 0. The molecule has 3 rings (SSSR count). The fourth-order valence-electron chi connectivity index (χ4n) is 2.13. The molecule has 2 N–H and O–H groups in total. The van der Waals surface area contributed by atoms with Crippen LogP contribution in [0.5, 0.6) is 0 Å². The molecule has 2 aromatic heterocycles. The van der Waals surface area contributed by atoms with Crippen molar-refractivity contribution in [2.75, 3.05) is 5.32 Å².